The molecule has 1 aliphatic rings. The van der Waals surface area contributed by atoms with Crippen molar-refractivity contribution in [2.24, 2.45) is 0 Å². The number of rotatable bonds is 6. The summed E-state index contributed by atoms with van der Waals surface area (Å²) in [4.78, 5) is 50.0. The lowest BCUT2D eigenvalue weighted by atomic mass is 9.84. The van der Waals surface area contributed by atoms with Gasteiger partial charge in [-0.1, -0.05) is 36.0 Å². The smallest absolute Gasteiger partial charge is 0.338 e. The van der Waals surface area contributed by atoms with Crippen molar-refractivity contribution in [3.63, 3.8) is 0 Å². The van der Waals surface area contributed by atoms with E-state index in [4.69, 9.17) is 4.74 Å². The molecule has 6 nitrogen and oxygen atoms in total. The molecule has 166 valence electrons. The van der Waals surface area contributed by atoms with Gasteiger partial charge < -0.3 is 10.1 Å². The van der Waals surface area contributed by atoms with Crippen molar-refractivity contribution in [2.45, 2.75) is 10.7 Å². The lowest BCUT2D eigenvalue weighted by Gasteiger charge is -2.18. The lowest BCUT2D eigenvalue weighted by Crippen LogP contribution is -2.23. The maximum atomic E-state index is 12.8. The summed E-state index contributed by atoms with van der Waals surface area (Å²) in [6.45, 7) is -0.598. The van der Waals surface area contributed by atoms with Crippen LogP contribution in [0.25, 0.3) is 0 Å². The zero-order chi connectivity index (χ0) is 23.5. The molecule has 1 aliphatic carbocycles. The van der Waals surface area contributed by atoms with Crippen molar-refractivity contribution < 1.29 is 32.7 Å². The molecule has 0 spiro atoms. The number of nitrogens with one attached hydrogen (secondary N) is 1. The number of carbonyl (C=O) groups is 4. The van der Waals surface area contributed by atoms with Crippen molar-refractivity contribution in [1.82, 2.24) is 0 Å². The third-order valence-corrected chi connectivity index (χ3v) is 5.58. The molecule has 4 rings (SSSR count). The van der Waals surface area contributed by atoms with E-state index in [-0.39, 0.29) is 33.9 Å². The van der Waals surface area contributed by atoms with E-state index in [9.17, 15) is 28.0 Å². The van der Waals surface area contributed by atoms with Gasteiger partial charge in [-0.05, 0) is 42.5 Å². The van der Waals surface area contributed by atoms with Crippen LogP contribution in [0.15, 0.2) is 71.6 Å². The Morgan fingerprint density at radius 3 is 2.09 bits per heavy atom. The Hall–Kier alpha value is -3.85. The topological polar surface area (TPSA) is 89.5 Å². The zero-order valence-corrected chi connectivity index (χ0v) is 17.7. The van der Waals surface area contributed by atoms with Gasteiger partial charge in [-0.2, -0.15) is 8.78 Å². The van der Waals surface area contributed by atoms with Crippen LogP contribution in [-0.2, 0) is 9.53 Å². The molecular formula is C24H15F2NO5S. The summed E-state index contributed by atoms with van der Waals surface area (Å²) in [5.74, 6) is -4.61. The van der Waals surface area contributed by atoms with Crippen LogP contribution in [0.5, 0.6) is 0 Å². The average molecular weight is 467 g/mol. The first kappa shape index (κ1) is 22.3. The molecule has 0 unspecified atom stereocenters. The Balaban J connectivity index is 1.39. The molecule has 0 bridgehead atoms. The number of carbonyl (C=O) groups excluding carboxylic acids is 4. The van der Waals surface area contributed by atoms with Crippen LogP contribution in [0, 0.1) is 0 Å². The van der Waals surface area contributed by atoms with Gasteiger partial charge in [0.05, 0.1) is 5.56 Å². The maximum absolute atomic E-state index is 12.8. The molecule has 0 atom stereocenters. The molecule has 0 aromatic heterocycles. The molecule has 0 saturated carbocycles. The van der Waals surface area contributed by atoms with Crippen LogP contribution in [0.3, 0.4) is 0 Å². The van der Waals surface area contributed by atoms with Gasteiger partial charge >= 0.3 is 5.97 Å². The number of amides is 1. The molecule has 3 aromatic rings. The molecule has 1 amide bonds. The minimum atomic E-state index is -2.57. The number of hydrogen-bond acceptors (Lipinski definition) is 6. The number of esters is 1. The fraction of sp³-hybridized carbons (Fsp3) is 0.0833. The normalized spacial score (nSPS) is 12.2. The summed E-state index contributed by atoms with van der Waals surface area (Å²) < 4.78 is 29.7. The second-order valence-electron chi connectivity index (χ2n) is 6.99. The van der Waals surface area contributed by atoms with E-state index in [0.717, 1.165) is 0 Å². The number of hydrogen-bond donors (Lipinski definition) is 1. The van der Waals surface area contributed by atoms with Crippen molar-refractivity contribution in [3.8, 4) is 0 Å². The van der Waals surface area contributed by atoms with Gasteiger partial charge in [0.15, 0.2) is 18.2 Å². The van der Waals surface area contributed by atoms with E-state index in [1.807, 2.05) is 0 Å². The minimum Gasteiger partial charge on any atom is -0.452 e. The van der Waals surface area contributed by atoms with Crippen LogP contribution >= 0.6 is 11.8 Å². The first-order valence-electron chi connectivity index (χ1n) is 9.68. The van der Waals surface area contributed by atoms with Gasteiger partial charge in [0.2, 0.25) is 0 Å². The number of benzene rings is 3. The molecule has 0 aliphatic heterocycles. The second-order valence-corrected chi connectivity index (χ2v) is 8.05. The molecule has 33 heavy (non-hydrogen) atoms. The predicted octanol–water partition coefficient (Wildman–Crippen LogP) is 4.57. The van der Waals surface area contributed by atoms with Gasteiger partial charge in [-0.3, -0.25) is 14.4 Å². The summed E-state index contributed by atoms with van der Waals surface area (Å²) in [5.41, 5.74) is 1.43. The Morgan fingerprint density at radius 1 is 0.848 bits per heavy atom. The van der Waals surface area contributed by atoms with E-state index >= 15 is 0 Å². The number of anilines is 1. The highest BCUT2D eigenvalue weighted by molar-refractivity contribution is 7.99. The van der Waals surface area contributed by atoms with E-state index < -0.39 is 24.2 Å². The largest absolute Gasteiger partial charge is 0.452 e. The highest BCUT2D eigenvalue weighted by Crippen LogP contribution is 2.29. The fourth-order valence-electron chi connectivity index (χ4n) is 3.36. The van der Waals surface area contributed by atoms with Crippen LogP contribution in [-0.4, -0.2) is 35.8 Å². The minimum absolute atomic E-state index is 0.109. The van der Waals surface area contributed by atoms with Gasteiger partial charge in [0.25, 0.3) is 11.7 Å². The number of halogens is 2. The quantitative estimate of drug-likeness (QED) is 0.330. The number of ketones is 2. The second kappa shape index (κ2) is 9.33. The van der Waals surface area contributed by atoms with E-state index in [1.54, 1.807) is 24.3 Å². The molecular weight excluding hydrogens is 452 g/mol. The van der Waals surface area contributed by atoms with Crippen LogP contribution < -0.4 is 5.32 Å². The fourth-order valence-corrected chi connectivity index (χ4v) is 3.86. The van der Waals surface area contributed by atoms with E-state index in [0.29, 0.717) is 27.8 Å². The SMILES string of the molecule is O=C(COC(=O)c1ccc(SC(F)F)cc1)Nc1ccc2c(c1)C(=O)c1ccccc1C2=O. The van der Waals surface area contributed by atoms with Gasteiger partial charge in [-0.25, -0.2) is 4.79 Å². The van der Waals surface area contributed by atoms with Crippen LogP contribution in [0.1, 0.15) is 42.2 Å². The first-order chi connectivity index (χ1) is 15.8. The number of alkyl halides is 2. The van der Waals surface area contributed by atoms with E-state index in [2.05, 4.69) is 5.32 Å². The van der Waals surface area contributed by atoms with Crippen LogP contribution in [0.2, 0.25) is 0 Å². The third kappa shape index (κ3) is 4.83. The van der Waals surface area contributed by atoms with Gasteiger partial charge in [0.1, 0.15) is 0 Å². The van der Waals surface area contributed by atoms with Crippen molar-refractivity contribution in [1.29, 1.82) is 0 Å². The summed E-state index contributed by atoms with van der Waals surface area (Å²) in [6, 6.07) is 16.2. The third-order valence-electron chi connectivity index (χ3n) is 4.86. The van der Waals surface area contributed by atoms with Gasteiger partial charge in [0, 0.05) is 32.8 Å². The first-order valence-corrected chi connectivity index (χ1v) is 10.6. The molecule has 1 N–H and O–H groups in total. The van der Waals surface area contributed by atoms with E-state index in [1.165, 1.54) is 42.5 Å². The summed E-state index contributed by atoms with van der Waals surface area (Å²) >= 11 is 0.350. The summed E-state index contributed by atoms with van der Waals surface area (Å²) in [6.07, 6.45) is 0. The Morgan fingerprint density at radius 2 is 1.45 bits per heavy atom. The monoisotopic (exact) mass is 467 g/mol. The molecule has 0 fully saturated rings. The van der Waals surface area contributed by atoms with Gasteiger partial charge in [-0.15, -0.1) is 0 Å². The maximum Gasteiger partial charge on any atom is 0.338 e. The number of thioether (sulfide) groups is 1. The van der Waals surface area contributed by atoms with Crippen molar-refractivity contribution in [3.05, 3.63) is 94.5 Å². The summed E-state index contributed by atoms with van der Waals surface area (Å²) in [7, 11) is 0. The average Bonchev–Trinajstić information content (AvgIpc) is 2.81. The predicted molar refractivity (Wildman–Crippen MR) is 117 cm³/mol. The van der Waals surface area contributed by atoms with Crippen molar-refractivity contribution in [2.75, 3.05) is 11.9 Å². The Bertz CT molecular complexity index is 1270. The molecule has 3 aromatic carbocycles. The Labute approximate surface area is 190 Å². The van der Waals surface area contributed by atoms with Crippen LogP contribution in [0.4, 0.5) is 14.5 Å². The lowest BCUT2D eigenvalue weighted by molar-refractivity contribution is -0.119. The number of fused-ring (bicyclic) bond motifs is 2. The van der Waals surface area contributed by atoms with Crippen molar-refractivity contribution >= 4 is 40.9 Å². The zero-order valence-electron chi connectivity index (χ0n) is 16.8. The highest BCUT2D eigenvalue weighted by atomic mass is 32.2. The number of ether oxygens (including phenoxy) is 1. The standard InChI is InChI=1S/C24H15F2NO5S/c25-24(26)33-15-8-5-13(6-9-15)23(31)32-12-20(28)27-14-7-10-18-19(11-14)22(30)17-4-2-1-3-16(17)21(18)29/h1-11,24H,12H2,(H,27,28). The summed E-state index contributed by atoms with van der Waals surface area (Å²) in [5, 5.41) is 2.52. The molecule has 9 heteroatoms. The Kier molecular flexibility index (Phi) is 6.32. The molecule has 0 saturated heterocycles. The highest BCUT2D eigenvalue weighted by Gasteiger charge is 2.29. The molecule has 0 heterocycles. The molecule has 0 radical (unpaired) electrons.